The number of likely N-dealkylation sites (tertiary alicyclic amines) is 1. The third kappa shape index (κ3) is 2.91. The molecule has 0 aliphatic carbocycles. The van der Waals surface area contributed by atoms with Gasteiger partial charge in [0.2, 0.25) is 5.91 Å². The minimum Gasteiger partial charge on any atom is -0.409 e. The number of amidine groups is 1. The lowest BCUT2D eigenvalue weighted by Gasteiger charge is -2.23. The lowest BCUT2D eigenvalue weighted by Crippen LogP contribution is -2.39. The summed E-state index contributed by atoms with van der Waals surface area (Å²) in [7, 11) is 0. The number of benzene rings is 1. The van der Waals surface area contributed by atoms with Gasteiger partial charge in [-0.3, -0.25) is 4.79 Å². The van der Waals surface area contributed by atoms with Crippen molar-refractivity contribution in [2.24, 2.45) is 16.8 Å². The molecule has 6 nitrogen and oxygen atoms in total. The summed E-state index contributed by atoms with van der Waals surface area (Å²) in [6.45, 7) is 1.17. The second-order valence-corrected chi connectivity index (χ2v) is 4.99. The van der Waals surface area contributed by atoms with E-state index in [9.17, 15) is 4.79 Å². The van der Waals surface area contributed by atoms with Crippen LogP contribution in [-0.2, 0) is 4.79 Å². The van der Waals surface area contributed by atoms with Crippen molar-refractivity contribution < 1.29 is 15.1 Å². The molecule has 1 aromatic carbocycles. The summed E-state index contributed by atoms with van der Waals surface area (Å²) in [6, 6.07) is 9.01. The van der Waals surface area contributed by atoms with E-state index in [1.165, 1.54) is 0 Å². The predicted molar refractivity (Wildman–Crippen MR) is 74.4 cm³/mol. The van der Waals surface area contributed by atoms with Crippen LogP contribution in [0.4, 0.5) is 0 Å². The molecule has 2 rings (SSSR count). The Morgan fingerprint density at radius 2 is 2.15 bits per heavy atom. The summed E-state index contributed by atoms with van der Waals surface area (Å²) >= 11 is 0. The fourth-order valence-corrected chi connectivity index (χ4v) is 2.51. The number of carbonyl (C=O) groups is 1. The fraction of sp³-hybridized carbons (Fsp3) is 0.429. The average Bonchev–Trinajstić information content (AvgIpc) is 2.97. The SMILES string of the molecule is N/C(=N/O)C(C(=O)N1CCC(CO)C1)c1ccccc1. The molecule has 6 heteroatoms. The molecule has 4 N–H and O–H groups in total. The van der Waals surface area contributed by atoms with Gasteiger partial charge in [0, 0.05) is 25.6 Å². The fourth-order valence-electron chi connectivity index (χ4n) is 2.51. The number of rotatable bonds is 4. The second-order valence-electron chi connectivity index (χ2n) is 4.99. The zero-order valence-corrected chi connectivity index (χ0v) is 11.1. The molecule has 0 aromatic heterocycles. The van der Waals surface area contributed by atoms with Crippen molar-refractivity contribution in [2.75, 3.05) is 19.7 Å². The first-order valence-electron chi connectivity index (χ1n) is 6.59. The van der Waals surface area contributed by atoms with Crippen LogP contribution in [0.2, 0.25) is 0 Å². The topological polar surface area (TPSA) is 99.2 Å². The van der Waals surface area contributed by atoms with E-state index < -0.39 is 5.92 Å². The van der Waals surface area contributed by atoms with E-state index in [4.69, 9.17) is 16.0 Å². The van der Waals surface area contributed by atoms with Gasteiger partial charge in [0.1, 0.15) is 5.92 Å². The van der Waals surface area contributed by atoms with Crippen molar-refractivity contribution in [2.45, 2.75) is 12.3 Å². The van der Waals surface area contributed by atoms with Crippen LogP contribution in [0.1, 0.15) is 17.9 Å². The Hall–Kier alpha value is -2.08. The number of nitrogens with zero attached hydrogens (tertiary/aromatic N) is 2. The average molecular weight is 277 g/mol. The molecule has 1 heterocycles. The lowest BCUT2D eigenvalue weighted by atomic mass is 9.96. The van der Waals surface area contributed by atoms with Gasteiger partial charge in [-0.15, -0.1) is 0 Å². The van der Waals surface area contributed by atoms with Crippen LogP contribution in [-0.4, -0.2) is 46.7 Å². The Morgan fingerprint density at radius 1 is 1.45 bits per heavy atom. The standard InChI is InChI=1S/C14H19N3O3/c15-13(16-20)12(11-4-2-1-3-5-11)14(19)17-7-6-10(8-17)9-18/h1-5,10,12,18,20H,6-9H2,(H2,15,16). The number of carbonyl (C=O) groups excluding carboxylic acids is 1. The van der Waals surface area contributed by atoms with E-state index in [-0.39, 0.29) is 24.3 Å². The van der Waals surface area contributed by atoms with E-state index in [2.05, 4.69) is 5.16 Å². The van der Waals surface area contributed by atoms with Crippen LogP contribution >= 0.6 is 0 Å². The molecule has 0 bridgehead atoms. The van der Waals surface area contributed by atoms with Crippen LogP contribution in [0, 0.1) is 5.92 Å². The third-order valence-electron chi connectivity index (χ3n) is 3.65. The van der Waals surface area contributed by atoms with Gasteiger partial charge in [0.05, 0.1) is 0 Å². The highest BCUT2D eigenvalue weighted by molar-refractivity contribution is 6.07. The van der Waals surface area contributed by atoms with E-state index in [0.29, 0.717) is 18.7 Å². The number of hydrogen-bond donors (Lipinski definition) is 3. The number of aliphatic hydroxyl groups excluding tert-OH is 1. The molecule has 1 amide bonds. The summed E-state index contributed by atoms with van der Waals surface area (Å²) in [5, 5.41) is 21.1. The molecule has 2 unspecified atom stereocenters. The second kappa shape index (κ2) is 6.38. The quantitative estimate of drug-likeness (QED) is 0.320. The normalized spacial score (nSPS) is 20.9. The van der Waals surface area contributed by atoms with Gasteiger partial charge in [-0.05, 0) is 12.0 Å². The molecule has 0 saturated carbocycles. The first-order chi connectivity index (χ1) is 9.67. The smallest absolute Gasteiger partial charge is 0.237 e. The van der Waals surface area contributed by atoms with Gasteiger partial charge in [-0.1, -0.05) is 35.5 Å². The van der Waals surface area contributed by atoms with Crippen molar-refractivity contribution in [3.8, 4) is 0 Å². The Morgan fingerprint density at radius 3 is 2.70 bits per heavy atom. The van der Waals surface area contributed by atoms with Crippen molar-refractivity contribution >= 4 is 11.7 Å². The van der Waals surface area contributed by atoms with Crippen molar-refractivity contribution in [3.63, 3.8) is 0 Å². The molecule has 0 radical (unpaired) electrons. The van der Waals surface area contributed by atoms with Crippen molar-refractivity contribution in [1.29, 1.82) is 0 Å². The molecule has 1 aliphatic heterocycles. The predicted octanol–water partition coefficient (Wildman–Crippen LogP) is 0.357. The first-order valence-corrected chi connectivity index (χ1v) is 6.59. The van der Waals surface area contributed by atoms with Crippen LogP contribution in [0.5, 0.6) is 0 Å². The Balaban J connectivity index is 2.22. The van der Waals surface area contributed by atoms with Crippen LogP contribution in [0.3, 0.4) is 0 Å². The van der Waals surface area contributed by atoms with Gasteiger partial charge >= 0.3 is 0 Å². The third-order valence-corrected chi connectivity index (χ3v) is 3.65. The number of aliphatic hydroxyl groups is 1. The Kier molecular flexibility index (Phi) is 4.57. The molecule has 20 heavy (non-hydrogen) atoms. The zero-order chi connectivity index (χ0) is 14.5. The van der Waals surface area contributed by atoms with Crippen LogP contribution in [0.15, 0.2) is 35.5 Å². The number of amides is 1. The van der Waals surface area contributed by atoms with Crippen molar-refractivity contribution in [3.05, 3.63) is 35.9 Å². The van der Waals surface area contributed by atoms with E-state index in [0.717, 1.165) is 6.42 Å². The maximum Gasteiger partial charge on any atom is 0.237 e. The lowest BCUT2D eigenvalue weighted by molar-refractivity contribution is -0.130. The molecule has 1 aliphatic rings. The monoisotopic (exact) mass is 277 g/mol. The number of oxime groups is 1. The minimum atomic E-state index is -0.779. The van der Waals surface area contributed by atoms with Gasteiger partial charge in [-0.2, -0.15) is 0 Å². The van der Waals surface area contributed by atoms with Gasteiger partial charge < -0.3 is 20.9 Å². The molecule has 1 saturated heterocycles. The summed E-state index contributed by atoms with van der Waals surface area (Å²) in [4.78, 5) is 14.2. The molecule has 108 valence electrons. The van der Waals surface area contributed by atoms with E-state index >= 15 is 0 Å². The van der Waals surface area contributed by atoms with E-state index in [1.54, 1.807) is 29.2 Å². The molecule has 1 aromatic rings. The highest BCUT2D eigenvalue weighted by atomic mass is 16.4. The Labute approximate surface area is 117 Å². The van der Waals surface area contributed by atoms with Crippen molar-refractivity contribution in [1.82, 2.24) is 4.90 Å². The van der Waals surface area contributed by atoms with Gasteiger partial charge in [-0.25, -0.2) is 0 Å². The molecule has 2 atom stereocenters. The molecule has 1 fully saturated rings. The largest absolute Gasteiger partial charge is 0.409 e. The summed E-state index contributed by atoms with van der Waals surface area (Å²) < 4.78 is 0. The van der Waals surface area contributed by atoms with Gasteiger partial charge in [0.15, 0.2) is 5.84 Å². The summed E-state index contributed by atoms with van der Waals surface area (Å²) in [5.74, 6) is -0.975. The highest BCUT2D eigenvalue weighted by Gasteiger charge is 2.33. The minimum absolute atomic E-state index is 0.0728. The molecular formula is C14H19N3O3. The maximum absolute atomic E-state index is 12.6. The maximum atomic E-state index is 12.6. The summed E-state index contributed by atoms with van der Waals surface area (Å²) in [6.07, 6.45) is 0.778. The molecule has 0 spiro atoms. The highest BCUT2D eigenvalue weighted by Crippen LogP contribution is 2.23. The van der Waals surface area contributed by atoms with Crippen LogP contribution in [0.25, 0.3) is 0 Å². The van der Waals surface area contributed by atoms with Gasteiger partial charge in [0.25, 0.3) is 0 Å². The molecular weight excluding hydrogens is 258 g/mol. The number of hydrogen-bond acceptors (Lipinski definition) is 4. The van der Waals surface area contributed by atoms with Crippen LogP contribution < -0.4 is 5.73 Å². The first kappa shape index (κ1) is 14.3. The van der Waals surface area contributed by atoms with E-state index in [1.807, 2.05) is 6.07 Å². The zero-order valence-electron chi connectivity index (χ0n) is 11.1. The number of nitrogens with two attached hydrogens (primary N) is 1. The summed E-state index contributed by atoms with van der Waals surface area (Å²) in [5.41, 5.74) is 6.38. The Bertz CT molecular complexity index is 490.